The Kier molecular flexibility index (Phi) is 8.58. The lowest BCUT2D eigenvalue weighted by atomic mass is 10.0. The zero-order chi connectivity index (χ0) is 25.5. The molecular formula is C28H25Cl2N5OS. The van der Waals surface area contributed by atoms with Gasteiger partial charge in [-0.3, -0.25) is 0 Å². The minimum absolute atomic E-state index is 0.302. The Bertz CT molecular complexity index is 1460. The highest BCUT2D eigenvalue weighted by Crippen LogP contribution is 2.31. The summed E-state index contributed by atoms with van der Waals surface area (Å²) in [6.07, 6.45) is 0.961. The molecule has 0 atom stereocenters. The summed E-state index contributed by atoms with van der Waals surface area (Å²) < 4.78 is 8.00. The van der Waals surface area contributed by atoms with Crippen LogP contribution in [0.2, 0.25) is 10.0 Å². The highest BCUT2D eigenvalue weighted by molar-refractivity contribution is 7.99. The molecule has 0 aliphatic carbocycles. The van der Waals surface area contributed by atoms with Crippen LogP contribution in [0.5, 0.6) is 5.75 Å². The van der Waals surface area contributed by atoms with Crippen molar-refractivity contribution >= 4 is 45.7 Å². The molecule has 0 bridgehead atoms. The van der Waals surface area contributed by atoms with Gasteiger partial charge in [0.05, 0.1) is 5.69 Å². The molecule has 0 unspecified atom stereocenters. The molecule has 37 heavy (non-hydrogen) atoms. The second-order valence-electron chi connectivity index (χ2n) is 8.34. The number of hydrogen-bond donors (Lipinski definition) is 1. The first-order valence-corrected chi connectivity index (χ1v) is 13.7. The molecule has 4 aromatic carbocycles. The third-order valence-corrected chi connectivity index (χ3v) is 7.62. The Balaban J connectivity index is 1.20. The number of aromatic nitrogens is 4. The summed E-state index contributed by atoms with van der Waals surface area (Å²) in [6.45, 7) is 1.83. The van der Waals surface area contributed by atoms with Crippen LogP contribution in [0.25, 0.3) is 16.5 Å². The van der Waals surface area contributed by atoms with E-state index in [1.54, 1.807) is 16.4 Å². The number of nitrogens with one attached hydrogen (secondary N) is 1. The zero-order valence-corrected chi connectivity index (χ0v) is 22.3. The van der Waals surface area contributed by atoms with E-state index < -0.39 is 0 Å². The van der Waals surface area contributed by atoms with Gasteiger partial charge in [-0.15, -0.1) is 5.10 Å². The van der Waals surface area contributed by atoms with Gasteiger partial charge in [0.1, 0.15) is 12.4 Å². The summed E-state index contributed by atoms with van der Waals surface area (Å²) in [7, 11) is 0. The van der Waals surface area contributed by atoms with Crippen LogP contribution in [0.1, 0.15) is 17.5 Å². The summed E-state index contributed by atoms with van der Waals surface area (Å²) in [6, 6.07) is 27.8. The quantitative estimate of drug-likeness (QED) is 0.142. The van der Waals surface area contributed by atoms with Crippen molar-refractivity contribution in [1.82, 2.24) is 25.5 Å². The Hall–Kier alpha value is -3.10. The zero-order valence-electron chi connectivity index (χ0n) is 20.0. The second kappa shape index (κ2) is 12.4. The largest absolute Gasteiger partial charge is 0.488 e. The van der Waals surface area contributed by atoms with Crippen molar-refractivity contribution in [2.75, 3.05) is 12.3 Å². The van der Waals surface area contributed by atoms with E-state index >= 15 is 0 Å². The van der Waals surface area contributed by atoms with Crippen LogP contribution in [0.15, 0.2) is 90.1 Å². The molecule has 9 heteroatoms. The second-order valence-corrected chi connectivity index (χ2v) is 10.2. The summed E-state index contributed by atoms with van der Waals surface area (Å²) >= 11 is 14.3. The van der Waals surface area contributed by atoms with Crippen LogP contribution >= 0.6 is 35.0 Å². The number of halogens is 2. The third kappa shape index (κ3) is 6.25. The summed E-state index contributed by atoms with van der Waals surface area (Å²) in [5.41, 5.74) is 2.85. The van der Waals surface area contributed by atoms with Crippen LogP contribution in [0.3, 0.4) is 0 Å². The molecule has 5 rings (SSSR count). The monoisotopic (exact) mass is 549 g/mol. The molecule has 0 spiro atoms. The van der Waals surface area contributed by atoms with Crippen LogP contribution in [0.4, 0.5) is 0 Å². The van der Waals surface area contributed by atoms with Gasteiger partial charge in [0, 0.05) is 33.5 Å². The average molecular weight is 551 g/mol. The Morgan fingerprint density at radius 3 is 2.46 bits per heavy atom. The average Bonchev–Trinajstić information content (AvgIpc) is 3.40. The van der Waals surface area contributed by atoms with E-state index in [1.165, 1.54) is 5.39 Å². The van der Waals surface area contributed by atoms with Crippen molar-refractivity contribution < 1.29 is 4.74 Å². The normalized spacial score (nSPS) is 11.2. The lowest BCUT2D eigenvalue weighted by molar-refractivity contribution is 0.303. The van der Waals surface area contributed by atoms with Gasteiger partial charge in [-0.1, -0.05) is 89.6 Å². The van der Waals surface area contributed by atoms with Gasteiger partial charge in [0.2, 0.25) is 5.16 Å². The number of fused-ring (bicyclic) bond motifs is 1. The van der Waals surface area contributed by atoms with Crippen LogP contribution in [0, 0.1) is 0 Å². The van der Waals surface area contributed by atoms with Gasteiger partial charge < -0.3 is 10.1 Å². The molecule has 0 radical (unpaired) electrons. The molecule has 188 valence electrons. The Labute approximate surface area is 229 Å². The fourth-order valence-corrected chi connectivity index (χ4v) is 5.36. The van der Waals surface area contributed by atoms with E-state index in [0.717, 1.165) is 51.8 Å². The van der Waals surface area contributed by atoms with Crippen molar-refractivity contribution in [2.24, 2.45) is 0 Å². The Morgan fingerprint density at radius 2 is 1.62 bits per heavy atom. The smallest absolute Gasteiger partial charge is 0.214 e. The van der Waals surface area contributed by atoms with E-state index in [4.69, 9.17) is 27.9 Å². The maximum absolute atomic E-state index is 6.35. The van der Waals surface area contributed by atoms with E-state index in [0.29, 0.717) is 23.2 Å². The first-order chi connectivity index (χ1) is 18.2. The molecule has 0 amide bonds. The predicted molar refractivity (Wildman–Crippen MR) is 151 cm³/mol. The van der Waals surface area contributed by atoms with E-state index in [1.807, 2.05) is 66.7 Å². The molecule has 1 N–H and O–H groups in total. The van der Waals surface area contributed by atoms with Crippen molar-refractivity contribution in [3.63, 3.8) is 0 Å². The number of tetrazole rings is 1. The number of para-hydroxylation sites is 1. The number of thioether (sulfide) groups is 1. The van der Waals surface area contributed by atoms with Gasteiger partial charge >= 0.3 is 0 Å². The van der Waals surface area contributed by atoms with Gasteiger partial charge in [0.15, 0.2) is 0 Å². The maximum atomic E-state index is 6.35. The van der Waals surface area contributed by atoms with Crippen LogP contribution in [-0.2, 0) is 13.2 Å². The van der Waals surface area contributed by atoms with Crippen molar-refractivity contribution in [3.05, 3.63) is 106 Å². The maximum Gasteiger partial charge on any atom is 0.214 e. The topological polar surface area (TPSA) is 64.9 Å². The molecule has 0 aliphatic rings. The number of hydrogen-bond acceptors (Lipinski definition) is 6. The standard InChI is InChI=1S/C28H25Cl2N5OS/c29-25-12-6-13-26(30)24(25)19-36-27-15-14-20-8-4-5-11-22(20)23(27)18-31-16-7-17-37-28-32-33-34-35(28)21-9-2-1-3-10-21/h1-6,8-15,31H,7,16-19H2. The first-order valence-electron chi connectivity index (χ1n) is 11.9. The molecule has 6 nitrogen and oxygen atoms in total. The third-order valence-electron chi connectivity index (χ3n) is 5.90. The summed E-state index contributed by atoms with van der Waals surface area (Å²) in [5.74, 6) is 1.71. The van der Waals surface area contributed by atoms with E-state index in [2.05, 4.69) is 39.0 Å². The lowest BCUT2D eigenvalue weighted by Gasteiger charge is -2.16. The highest BCUT2D eigenvalue weighted by Gasteiger charge is 2.12. The minimum atomic E-state index is 0.302. The molecule has 0 saturated carbocycles. The SMILES string of the molecule is Clc1cccc(Cl)c1COc1ccc2ccccc2c1CNCCCSc1nnnn1-c1ccccc1. The molecule has 0 saturated heterocycles. The molecule has 1 aromatic heterocycles. The van der Waals surface area contributed by atoms with Gasteiger partial charge in [0.25, 0.3) is 0 Å². The minimum Gasteiger partial charge on any atom is -0.488 e. The van der Waals surface area contributed by atoms with Gasteiger partial charge in [-0.2, -0.15) is 4.68 Å². The number of rotatable bonds is 11. The number of ether oxygens (including phenoxy) is 1. The molecular weight excluding hydrogens is 525 g/mol. The molecule has 5 aromatic rings. The highest BCUT2D eigenvalue weighted by atomic mass is 35.5. The number of nitrogens with zero attached hydrogens (tertiary/aromatic N) is 4. The predicted octanol–water partition coefficient (Wildman–Crippen LogP) is 6.97. The summed E-state index contributed by atoms with van der Waals surface area (Å²) in [5, 5.41) is 20.0. The van der Waals surface area contributed by atoms with Gasteiger partial charge in [-0.25, -0.2) is 0 Å². The Morgan fingerprint density at radius 1 is 0.838 bits per heavy atom. The number of benzene rings is 4. The van der Waals surface area contributed by atoms with E-state index in [9.17, 15) is 0 Å². The molecule has 1 heterocycles. The summed E-state index contributed by atoms with van der Waals surface area (Å²) in [4.78, 5) is 0. The van der Waals surface area contributed by atoms with Crippen molar-refractivity contribution in [3.8, 4) is 11.4 Å². The molecule has 0 fully saturated rings. The van der Waals surface area contributed by atoms with Crippen LogP contribution in [-0.4, -0.2) is 32.5 Å². The van der Waals surface area contributed by atoms with Gasteiger partial charge in [-0.05, 0) is 64.5 Å². The first kappa shape index (κ1) is 25.5. The fourth-order valence-electron chi connectivity index (χ4n) is 4.03. The van der Waals surface area contributed by atoms with Crippen LogP contribution < -0.4 is 10.1 Å². The van der Waals surface area contributed by atoms with Crippen molar-refractivity contribution in [2.45, 2.75) is 24.7 Å². The van der Waals surface area contributed by atoms with Crippen molar-refractivity contribution in [1.29, 1.82) is 0 Å². The van der Waals surface area contributed by atoms with E-state index in [-0.39, 0.29) is 0 Å². The lowest BCUT2D eigenvalue weighted by Crippen LogP contribution is -2.16. The molecule has 0 aliphatic heterocycles. The fraction of sp³-hybridized carbons (Fsp3) is 0.179.